The standard InChI is InChI=1S/C26H24F6N2O5S2/c1-40(35,36)21-7-9-34(10-8-21)24-6-5-16(17-11-19(27)15-20(12-17)39-25(28)29)13-23(24)33-41(37,38)22-4-2-3-18(14-22)26(30,31)32/h2-6,11-15,21,25,33H,7-10H2,1H3. The third kappa shape index (κ3) is 7.44. The summed E-state index contributed by atoms with van der Waals surface area (Å²) in [7, 11) is -7.91. The van der Waals surface area contributed by atoms with Crippen molar-refractivity contribution in [1.82, 2.24) is 0 Å². The molecule has 7 nitrogen and oxygen atoms in total. The number of nitrogens with one attached hydrogen (secondary N) is 1. The number of anilines is 2. The number of rotatable bonds is 8. The number of hydrogen-bond donors (Lipinski definition) is 1. The Hall–Kier alpha value is -3.46. The lowest BCUT2D eigenvalue weighted by atomic mass is 10.0. The Bertz CT molecular complexity index is 1640. The van der Waals surface area contributed by atoms with Crippen LogP contribution in [0.15, 0.2) is 65.6 Å². The maximum Gasteiger partial charge on any atom is 0.416 e. The van der Waals surface area contributed by atoms with Crippen LogP contribution in [0.3, 0.4) is 0 Å². The van der Waals surface area contributed by atoms with Gasteiger partial charge in [0.2, 0.25) is 0 Å². The molecule has 1 heterocycles. The maximum absolute atomic E-state index is 14.2. The fourth-order valence-corrected chi connectivity index (χ4v) is 6.72. The van der Waals surface area contributed by atoms with Crippen LogP contribution in [-0.2, 0) is 26.0 Å². The number of halogens is 6. The summed E-state index contributed by atoms with van der Waals surface area (Å²) in [4.78, 5) is 1.05. The first-order chi connectivity index (χ1) is 19.0. The summed E-state index contributed by atoms with van der Waals surface area (Å²) in [6.07, 6.45) is -3.17. The Kier molecular flexibility index (Phi) is 8.50. The van der Waals surface area contributed by atoms with Gasteiger partial charge in [0.05, 0.1) is 27.1 Å². The smallest absolute Gasteiger partial charge is 0.416 e. The summed E-state index contributed by atoms with van der Waals surface area (Å²) in [5.74, 6) is -1.39. The third-order valence-corrected chi connectivity index (χ3v) is 9.58. The van der Waals surface area contributed by atoms with Crippen molar-refractivity contribution in [2.75, 3.05) is 29.0 Å². The van der Waals surface area contributed by atoms with Crippen molar-refractivity contribution < 1.29 is 47.9 Å². The third-order valence-electron chi connectivity index (χ3n) is 6.53. The van der Waals surface area contributed by atoms with E-state index in [0.717, 1.165) is 42.7 Å². The van der Waals surface area contributed by atoms with Crippen LogP contribution in [0.2, 0.25) is 0 Å². The zero-order valence-electron chi connectivity index (χ0n) is 21.3. The van der Waals surface area contributed by atoms with Gasteiger partial charge in [-0.2, -0.15) is 22.0 Å². The molecule has 1 aliphatic rings. The van der Waals surface area contributed by atoms with Gasteiger partial charge in [0.25, 0.3) is 10.0 Å². The molecule has 0 radical (unpaired) electrons. The zero-order chi connectivity index (χ0) is 30.2. The van der Waals surface area contributed by atoms with E-state index >= 15 is 0 Å². The molecule has 1 fully saturated rings. The zero-order valence-corrected chi connectivity index (χ0v) is 23.0. The molecule has 4 rings (SSSR count). The molecule has 15 heteroatoms. The highest BCUT2D eigenvalue weighted by Gasteiger charge is 2.32. The first-order valence-electron chi connectivity index (χ1n) is 12.1. The summed E-state index contributed by atoms with van der Waals surface area (Å²) in [5, 5.41) is -0.594. The average molecular weight is 623 g/mol. The fraction of sp³-hybridized carbons (Fsp3) is 0.308. The van der Waals surface area contributed by atoms with Gasteiger partial charge in [0.15, 0.2) is 0 Å². The highest BCUT2D eigenvalue weighted by Crippen LogP contribution is 2.37. The van der Waals surface area contributed by atoms with Crippen molar-refractivity contribution >= 4 is 31.2 Å². The second-order valence-corrected chi connectivity index (χ2v) is 13.4. The van der Waals surface area contributed by atoms with Crippen LogP contribution >= 0.6 is 0 Å². The molecule has 41 heavy (non-hydrogen) atoms. The largest absolute Gasteiger partial charge is 0.435 e. The first kappa shape index (κ1) is 30.5. The normalized spacial score (nSPS) is 15.3. The average Bonchev–Trinajstić information content (AvgIpc) is 2.87. The van der Waals surface area contributed by atoms with Gasteiger partial charge in [0, 0.05) is 25.4 Å². The molecule has 1 N–H and O–H groups in total. The lowest BCUT2D eigenvalue weighted by Gasteiger charge is -2.34. The number of alkyl halides is 5. The molecule has 0 aliphatic carbocycles. The quantitative estimate of drug-likeness (QED) is 0.314. The van der Waals surface area contributed by atoms with Gasteiger partial charge in [-0.3, -0.25) is 4.72 Å². The second kappa shape index (κ2) is 11.4. The Balaban J connectivity index is 1.76. The van der Waals surface area contributed by atoms with E-state index in [4.69, 9.17) is 0 Å². The van der Waals surface area contributed by atoms with E-state index < -0.39 is 59.9 Å². The van der Waals surface area contributed by atoms with Crippen LogP contribution in [-0.4, -0.2) is 48.0 Å². The van der Waals surface area contributed by atoms with Crippen LogP contribution in [0.1, 0.15) is 18.4 Å². The number of nitrogens with zero attached hydrogens (tertiary/aromatic N) is 1. The van der Waals surface area contributed by atoms with Crippen molar-refractivity contribution in [3.05, 3.63) is 72.0 Å². The molecule has 0 bridgehead atoms. The predicted molar refractivity (Wildman–Crippen MR) is 141 cm³/mol. The minimum absolute atomic E-state index is 0.0579. The van der Waals surface area contributed by atoms with E-state index in [0.29, 0.717) is 6.07 Å². The van der Waals surface area contributed by atoms with Crippen molar-refractivity contribution in [3.8, 4) is 16.9 Å². The minimum Gasteiger partial charge on any atom is -0.435 e. The molecule has 1 saturated heterocycles. The second-order valence-electron chi connectivity index (χ2n) is 9.43. The molecular formula is C26H24F6N2O5S2. The lowest BCUT2D eigenvalue weighted by Crippen LogP contribution is -2.39. The highest BCUT2D eigenvalue weighted by atomic mass is 32.2. The summed E-state index contributed by atoms with van der Waals surface area (Å²) in [6, 6.07) is 10.2. The van der Waals surface area contributed by atoms with E-state index in [2.05, 4.69) is 9.46 Å². The van der Waals surface area contributed by atoms with Crippen LogP contribution in [0.4, 0.5) is 37.7 Å². The van der Waals surface area contributed by atoms with E-state index in [9.17, 15) is 43.2 Å². The SMILES string of the molecule is CS(=O)(=O)C1CCN(c2ccc(-c3cc(F)cc(OC(F)F)c3)cc2NS(=O)(=O)c2cccc(C(F)(F)F)c2)CC1. The molecular weight excluding hydrogens is 598 g/mol. The number of piperidine rings is 1. The topological polar surface area (TPSA) is 92.8 Å². The molecule has 0 spiro atoms. The van der Waals surface area contributed by atoms with Crippen molar-refractivity contribution in [3.63, 3.8) is 0 Å². The van der Waals surface area contributed by atoms with E-state index in [-0.39, 0.29) is 48.4 Å². The molecule has 3 aromatic rings. The minimum atomic E-state index is -4.80. The van der Waals surface area contributed by atoms with Crippen LogP contribution in [0.25, 0.3) is 11.1 Å². The lowest BCUT2D eigenvalue weighted by molar-refractivity contribution is -0.137. The highest BCUT2D eigenvalue weighted by molar-refractivity contribution is 7.92. The van der Waals surface area contributed by atoms with Gasteiger partial charge in [-0.05, 0) is 66.4 Å². The molecule has 3 aromatic carbocycles. The van der Waals surface area contributed by atoms with E-state index in [1.807, 2.05) is 0 Å². The van der Waals surface area contributed by atoms with Crippen LogP contribution in [0, 0.1) is 5.82 Å². The summed E-state index contributed by atoms with van der Waals surface area (Å²) >= 11 is 0. The molecule has 0 unspecified atom stereocenters. The molecule has 0 atom stereocenters. The Morgan fingerprint density at radius 1 is 0.927 bits per heavy atom. The number of benzene rings is 3. The summed E-state index contributed by atoms with van der Waals surface area (Å²) in [5.41, 5.74) is -0.749. The Morgan fingerprint density at radius 2 is 1.61 bits per heavy atom. The number of sulfone groups is 1. The van der Waals surface area contributed by atoms with E-state index in [1.54, 1.807) is 4.90 Å². The van der Waals surface area contributed by atoms with Crippen molar-refractivity contribution in [1.29, 1.82) is 0 Å². The van der Waals surface area contributed by atoms with Gasteiger partial charge in [-0.1, -0.05) is 12.1 Å². The number of ether oxygens (including phenoxy) is 1. The van der Waals surface area contributed by atoms with Crippen molar-refractivity contribution in [2.24, 2.45) is 0 Å². The van der Waals surface area contributed by atoms with Gasteiger partial charge in [-0.25, -0.2) is 21.2 Å². The van der Waals surface area contributed by atoms with Crippen molar-refractivity contribution in [2.45, 2.75) is 35.8 Å². The maximum atomic E-state index is 14.2. The van der Waals surface area contributed by atoms with Gasteiger partial charge in [-0.15, -0.1) is 0 Å². The van der Waals surface area contributed by atoms with Gasteiger partial charge in [0.1, 0.15) is 21.4 Å². The molecule has 0 saturated carbocycles. The molecule has 222 valence electrons. The number of sulfonamides is 1. The predicted octanol–water partition coefficient (Wildman–Crippen LogP) is 5.93. The summed E-state index contributed by atoms with van der Waals surface area (Å²) in [6.45, 7) is -2.78. The summed E-state index contributed by atoms with van der Waals surface area (Å²) < 4.78 is 136. The molecule has 0 amide bonds. The van der Waals surface area contributed by atoms with Crippen LogP contribution in [0.5, 0.6) is 5.75 Å². The molecule has 1 aliphatic heterocycles. The number of hydrogen-bond acceptors (Lipinski definition) is 6. The first-order valence-corrected chi connectivity index (χ1v) is 15.5. The van der Waals surface area contributed by atoms with E-state index in [1.165, 1.54) is 18.2 Å². The van der Waals surface area contributed by atoms with Crippen LogP contribution < -0.4 is 14.4 Å². The Labute approximate surface area is 232 Å². The monoisotopic (exact) mass is 622 g/mol. The Morgan fingerprint density at radius 3 is 2.22 bits per heavy atom. The molecule has 0 aromatic heterocycles. The van der Waals surface area contributed by atoms with Gasteiger partial charge >= 0.3 is 12.8 Å². The fourth-order valence-electron chi connectivity index (χ4n) is 4.54. The van der Waals surface area contributed by atoms with Gasteiger partial charge < -0.3 is 9.64 Å².